The van der Waals surface area contributed by atoms with Gasteiger partial charge in [-0.15, -0.1) is 0 Å². The monoisotopic (exact) mass is 230 g/mol. The lowest BCUT2D eigenvalue weighted by Gasteiger charge is -2.30. The molecule has 2 atom stereocenters. The molecule has 90 valence electrons. The lowest BCUT2D eigenvalue weighted by molar-refractivity contribution is -0.210. The van der Waals surface area contributed by atoms with Crippen molar-refractivity contribution in [2.45, 2.75) is 38.1 Å². The lowest BCUT2D eigenvalue weighted by atomic mass is 9.95. The van der Waals surface area contributed by atoms with E-state index in [0.29, 0.717) is 0 Å². The maximum atomic E-state index is 6.21. The van der Waals surface area contributed by atoms with Gasteiger partial charge < -0.3 is 9.47 Å². The number of aryl methyl sites for hydroxylation is 1. The Morgan fingerprint density at radius 1 is 1.24 bits per heavy atom. The van der Waals surface area contributed by atoms with Gasteiger partial charge in [-0.05, 0) is 38.0 Å². The van der Waals surface area contributed by atoms with E-state index in [-0.39, 0.29) is 5.60 Å². The molecule has 17 heavy (non-hydrogen) atoms. The Balaban J connectivity index is 1.92. The summed E-state index contributed by atoms with van der Waals surface area (Å²) in [5.74, 6) is -0.460. The fourth-order valence-corrected chi connectivity index (χ4v) is 2.67. The van der Waals surface area contributed by atoms with E-state index < -0.39 is 5.79 Å². The van der Waals surface area contributed by atoms with Crippen LogP contribution in [0, 0.1) is 6.92 Å². The Kier molecular flexibility index (Phi) is 2.39. The summed E-state index contributed by atoms with van der Waals surface area (Å²) in [4.78, 5) is 0. The van der Waals surface area contributed by atoms with Gasteiger partial charge in [-0.2, -0.15) is 0 Å². The Morgan fingerprint density at radius 3 is 2.82 bits per heavy atom. The van der Waals surface area contributed by atoms with Crippen molar-refractivity contribution in [3.05, 3.63) is 47.5 Å². The molecule has 0 bridgehead atoms. The van der Waals surface area contributed by atoms with Crippen LogP contribution in [0.3, 0.4) is 0 Å². The quantitative estimate of drug-likeness (QED) is 0.689. The Hall–Kier alpha value is -1.12. The fraction of sp³-hybridized carbons (Fsp3) is 0.467. The molecule has 1 aromatic carbocycles. The highest BCUT2D eigenvalue weighted by atomic mass is 16.7. The van der Waals surface area contributed by atoms with Crippen LogP contribution in [-0.2, 0) is 15.1 Å². The van der Waals surface area contributed by atoms with Crippen molar-refractivity contribution < 1.29 is 9.47 Å². The summed E-state index contributed by atoms with van der Waals surface area (Å²) in [7, 11) is 0. The second kappa shape index (κ2) is 3.69. The van der Waals surface area contributed by atoms with Crippen LogP contribution >= 0.6 is 0 Å². The second-order valence-corrected chi connectivity index (χ2v) is 5.18. The number of hydrogen-bond acceptors (Lipinski definition) is 2. The Bertz CT molecular complexity index is 458. The number of benzene rings is 1. The van der Waals surface area contributed by atoms with Crippen LogP contribution in [0.25, 0.3) is 0 Å². The minimum atomic E-state index is -0.460. The summed E-state index contributed by atoms with van der Waals surface area (Å²) < 4.78 is 11.9. The first-order chi connectivity index (χ1) is 8.12. The van der Waals surface area contributed by atoms with Gasteiger partial charge in [0.15, 0.2) is 5.79 Å². The highest BCUT2D eigenvalue weighted by Crippen LogP contribution is 2.43. The lowest BCUT2D eigenvalue weighted by Crippen LogP contribution is -2.32. The highest BCUT2D eigenvalue weighted by Gasteiger charge is 2.45. The molecule has 0 aromatic heterocycles. The van der Waals surface area contributed by atoms with E-state index in [4.69, 9.17) is 9.47 Å². The van der Waals surface area contributed by atoms with Crippen LogP contribution in [-0.4, -0.2) is 12.4 Å². The second-order valence-electron chi connectivity index (χ2n) is 5.18. The van der Waals surface area contributed by atoms with E-state index in [0.717, 1.165) is 19.4 Å². The molecule has 2 aliphatic rings. The first-order valence-corrected chi connectivity index (χ1v) is 6.24. The van der Waals surface area contributed by atoms with Gasteiger partial charge in [-0.25, -0.2) is 0 Å². The van der Waals surface area contributed by atoms with Crippen molar-refractivity contribution in [3.8, 4) is 0 Å². The van der Waals surface area contributed by atoms with E-state index >= 15 is 0 Å². The average molecular weight is 230 g/mol. The third-order valence-corrected chi connectivity index (χ3v) is 3.65. The molecule has 2 unspecified atom stereocenters. The van der Waals surface area contributed by atoms with Crippen LogP contribution in [0.2, 0.25) is 0 Å². The van der Waals surface area contributed by atoms with Crippen molar-refractivity contribution in [1.82, 2.24) is 0 Å². The molecule has 1 fully saturated rings. The van der Waals surface area contributed by atoms with Crippen molar-refractivity contribution in [1.29, 1.82) is 0 Å². The maximum absolute atomic E-state index is 6.21. The van der Waals surface area contributed by atoms with Crippen molar-refractivity contribution in [2.24, 2.45) is 0 Å². The Morgan fingerprint density at radius 2 is 2.12 bits per heavy atom. The van der Waals surface area contributed by atoms with Gasteiger partial charge in [0.05, 0.1) is 6.61 Å². The molecule has 1 aromatic rings. The standard InChI is InChI=1S/C15H18O2/c1-12-5-3-6-13(11-12)14(2)8-9-15(17-14)7-4-10-16-15/h3,5-6,8-9,11H,4,7,10H2,1-2H3. The van der Waals surface area contributed by atoms with Crippen molar-refractivity contribution in [3.63, 3.8) is 0 Å². The van der Waals surface area contributed by atoms with Crippen LogP contribution < -0.4 is 0 Å². The molecule has 2 heterocycles. The zero-order valence-corrected chi connectivity index (χ0v) is 10.4. The zero-order chi connectivity index (χ0) is 11.9. The smallest absolute Gasteiger partial charge is 0.189 e. The molecule has 0 aliphatic carbocycles. The van der Waals surface area contributed by atoms with E-state index in [1.807, 2.05) is 0 Å². The van der Waals surface area contributed by atoms with E-state index in [1.54, 1.807) is 0 Å². The van der Waals surface area contributed by atoms with Crippen LogP contribution in [0.15, 0.2) is 36.4 Å². The Labute approximate surface area is 102 Å². The largest absolute Gasteiger partial charge is 0.346 e. The minimum Gasteiger partial charge on any atom is -0.346 e. The van der Waals surface area contributed by atoms with E-state index in [9.17, 15) is 0 Å². The number of rotatable bonds is 1. The molecule has 2 aliphatic heterocycles. The average Bonchev–Trinajstić information content (AvgIpc) is 2.89. The van der Waals surface area contributed by atoms with Gasteiger partial charge in [-0.3, -0.25) is 0 Å². The van der Waals surface area contributed by atoms with Crippen molar-refractivity contribution >= 4 is 0 Å². The van der Waals surface area contributed by atoms with Gasteiger partial charge >= 0.3 is 0 Å². The molecule has 0 saturated carbocycles. The van der Waals surface area contributed by atoms with Gasteiger partial charge in [0.25, 0.3) is 0 Å². The predicted octanol–water partition coefficient (Wildman–Crippen LogP) is 3.30. The van der Waals surface area contributed by atoms with Gasteiger partial charge in [0, 0.05) is 6.42 Å². The van der Waals surface area contributed by atoms with Crippen molar-refractivity contribution in [2.75, 3.05) is 6.61 Å². The molecular weight excluding hydrogens is 212 g/mol. The summed E-state index contributed by atoms with van der Waals surface area (Å²) in [5, 5.41) is 0. The molecule has 2 nitrogen and oxygen atoms in total. The summed E-state index contributed by atoms with van der Waals surface area (Å²) in [6.07, 6.45) is 6.26. The maximum Gasteiger partial charge on any atom is 0.189 e. The molecule has 0 N–H and O–H groups in total. The fourth-order valence-electron chi connectivity index (χ4n) is 2.67. The first kappa shape index (κ1) is 11.0. The predicted molar refractivity (Wildman–Crippen MR) is 66.7 cm³/mol. The van der Waals surface area contributed by atoms with Crippen LogP contribution in [0.1, 0.15) is 30.9 Å². The number of ether oxygens (including phenoxy) is 2. The SMILES string of the molecule is Cc1cccc(C2(C)C=CC3(CCCO3)O2)c1. The van der Waals surface area contributed by atoms with Crippen LogP contribution in [0.4, 0.5) is 0 Å². The van der Waals surface area contributed by atoms with E-state index in [2.05, 4.69) is 50.3 Å². The zero-order valence-electron chi connectivity index (χ0n) is 10.4. The molecular formula is C15H18O2. The topological polar surface area (TPSA) is 18.5 Å². The van der Waals surface area contributed by atoms with E-state index in [1.165, 1.54) is 11.1 Å². The molecule has 3 rings (SSSR count). The number of hydrogen-bond donors (Lipinski definition) is 0. The molecule has 1 spiro atoms. The third-order valence-electron chi connectivity index (χ3n) is 3.65. The highest BCUT2D eigenvalue weighted by molar-refractivity contribution is 5.33. The summed E-state index contributed by atoms with van der Waals surface area (Å²) >= 11 is 0. The van der Waals surface area contributed by atoms with Gasteiger partial charge in [-0.1, -0.05) is 29.8 Å². The first-order valence-electron chi connectivity index (χ1n) is 6.24. The molecule has 2 heteroatoms. The summed E-state index contributed by atoms with van der Waals surface area (Å²) in [5.41, 5.74) is 2.10. The molecule has 0 amide bonds. The van der Waals surface area contributed by atoms with Crippen LogP contribution in [0.5, 0.6) is 0 Å². The molecule has 1 saturated heterocycles. The van der Waals surface area contributed by atoms with Gasteiger partial charge in [0.1, 0.15) is 5.60 Å². The third kappa shape index (κ3) is 1.81. The van der Waals surface area contributed by atoms with Gasteiger partial charge in [0.2, 0.25) is 0 Å². The minimum absolute atomic E-state index is 0.351. The molecule has 0 radical (unpaired) electrons. The summed E-state index contributed by atoms with van der Waals surface area (Å²) in [6.45, 7) is 5.01. The normalized spacial score (nSPS) is 35.9. The summed E-state index contributed by atoms with van der Waals surface area (Å²) in [6, 6.07) is 8.48.